The molecule has 2 aliphatic carbocycles. The van der Waals surface area contributed by atoms with Gasteiger partial charge in [-0.1, -0.05) is 25.0 Å². The molecular weight excluding hydrogens is 280 g/mol. The molecular formula is C18H24O4. The first kappa shape index (κ1) is 16.5. The van der Waals surface area contributed by atoms with Crippen molar-refractivity contribution in [1.29, 1.82) is 0 Å². The number of ether oxygens (including phenoxy) is 2. The van der Waals surface area contributed by atoms with E-state index in [0.29, 0.717) is 24.3 Å². The number of aryl methyl sites for hydroxylation is 2. The van der Waals surface area contributed by atoms with Crippen LogP contribution in [0.2, 0.25) is 0 Å². The molecule has 3 rings (SSSR count). The predicted octanol–water partition coefficient (Wildman–Crippen LogP) is 3.70. The lowest BCUT2D eigenvalue weighted by Gasteiger charge is -2.18. The zero-order valence-corrected chi connectivity index (χ0v) is 13.4. The van der Waals surface area contributed by atoms with Gasteiger partial charge in [-0.2, -0.15) is 0 Å². The molecule has 0 saturated heterocycles. The second kappa shape index (κ2) is 7.97. The second-order valence-electron chi connectivity index (χ2n) is 5.49. The number of benzene rings is 1. The van der Waals surface area contributed by atoms with Gasteiger partial charge in [-0.25, -0.2) is 9.59 Å². The molecule has 0 atom stereocenters. The molecule has 22 heavy (non-hydrogen) atoms. The number of hydrogen-bond acceptors (Lipinski definition) is 4. The molecule has 0 spiro atoms. The van der Waals surface area contributed by atoms with Crippen molar-refractivity contribution < 1.29 is 19.1 Å². The van der Waals surface area contributed by atoms with Crippen LogP contribution in [0.5, 0.6) is 0 Å². The molecule has 1 aromatic rings. The van der Waals surface area contributed by atoms with E-state index in [-0.39, 0.29) is 0 Å². The fourth-order valence-electron chi connectivity index (χ4n) is 2.96. The first-order chi connectivity index (χ1) is 10.7. The Kier molecular flexibility index (Phi) is 5.99. The zero-order valence-electron chi connectivity index (χ0n) is 13.4. The first-order valence-corrected chi connectivity index (χ1v) is 8.18. The summed E-state index contributed by atoms with van der Waals surface area (Å²) in [6, 6.07) is 3.94. The fourth-order valence-corrected chi connectivity index (χ4v) is 2.96. The summed E-state index contributed by atoms with van der Waals surface area (Å²) in [6.45, 7) is 4.14. The summed E-state index contributed by atoms with van der Waals surface area (Å²) in [5.41, 5.74) is 2.62. The molecule has 0 amide bonds. The maximum atomic E-state index is 12.4. The second-order valence-corrected chi connectivity index (χ2v) is 5.49. The fraction of sp³-hybridized carbons (Fsp3) is 0.556. The number of carbonyl (C=O) groups is 2. The third-order valence-electron chi connectivity index (χ3n) is 3.98. The largest absolute Gasteiger partial charge is 0.462 e. The van der Waals surface area contributed by atoms with Gasteiger partial charge in [-0.3, -0.25) is 0 Å². The lowest BCUT2D eigenvalue weighted by atomic mass is 9.89. The van der Waals surface area contributed by atoms with Crippen LogP contribution >= 0.6 is 0 Å². The molecule has 1 aromatic carbocycles. The van der Waals surface area contributed by atoms with Gasteiger partial charge in [0.15, 0.2) is 0 Å². The molecule has 0 heterocycles. The Bertz CT molecular complexity index is 499. The number of fused-ring (bicyclic) bond motifs is 7. The van der Waals surface area contributed by atoms with Gasteiger partial charge >= 0.3 is 11.9 Å². The van der Waals surface area contributed by atoms with Crippen LogP contribution in [0.25, 0.3) is 0 Å². The van der Waals surface area contributed by atoms with Crippen LogP contribution in [0.3, 0.4) is 0 Å². The summed E-state index contributed by atoms with van der Waals surface area (Å²) in [4.78, 5) is 24.8. The molecule has 0 fully saturated rings. The summed E-state index contributed by atoms with van der Waals surface area (Å²) >= 11 is 0. The van der Waals surface area contributed by atoms with Gasteiger partial charge < -0.3 is 9.47 Å². The van der Waals surface area contributed by atoms with Gasteiger partial charge in [0, 0.05) is 0 Å². The van der Waals surface area contributed by atoms with Crippen molar-refractivity contribution in [1.82, 2.24) is 0 Å². The lowest BCUT2D eigenvalue weighted by Crippen LogP contribution is -2.19. The van der Waals surface area contributed by atoms with Gasteiger partial charge in [0.2, 0.25) is 0 Å². The molecule has 2 aliphatic rings. The van der Waals surface area contributed by atoms with Gasteiger partial charge in [0.05, 0.1) is 24.3 Å². The van der Waals surface area contributed by atoms with Crippen LogP contribution in [0.4, 0.5) is 0 Å². The van der Waals surface area contributed by atoms with E-state index < -0.39 is 11.9 Å². The summed E-state index contributed by atoms with van der Waals surface area (Å²) in [7, 11) is 0. The zero-order chi connectivity index (χ0) is 15.9. The van der Waals surface area contributed by atoms with E-state index in [0.717, 1.165) is 49.7 Å². The summed E-state index contributed by atoms with van der Waals surface area (Å²) in [5.74, 6) is -0.828. The quantitative estimate of drug-likeness (QED) is 0.796. The van der Waals surface area contributed by atoms with Crippen molar-refractivity contribution >= 4 is 11.9 Å². The normalized spacial score (nSPS) is 14.5. The molecule has 4 nitrogen and oxygen atoms in total. The Morgan fingerprint density at radius 2 is 1.23 bits per heavy atom. The SMILES string of the molecule is CCOC(=O)c1c2ccc(c1C(=O)OCC)CCCCCC2. The van der Waals surface area contributed by atoms with Gasteiger partial charge in [-0.05, 0) is 50.7 Å². The number of hydrogen-bond donors (Lipinski definition) is 0. The minimum Gasteiger partial charge on any atom is -0.462 e. The Hall–Kier alpha value is -1.84. The lowest BCUT2D eigenvalue weighted by molar-refractivity contribution is 0.0476. The minimum atomic E-state index is -0.414. The molecule has 0 radical (unpaired) electrons. The summed E-state index contributed by atoms with van der Waals surface area (Å²) in [6.07, 6.45) is 5.93. The highest BCUT2D eigenvalue weighted by Gasteiger charge is 2.26. The predicted molar refractivity (Wildman–Crippen MR) is 84.2 cm³/mol. The van der Waals surface area contributed by atoms with Crippen LogP contribution in [0.1, 0.15) is 71.4 Å². The van der Waals surface area contributed by atoms with Crippen molar-refractivity contribution in [3.8, 4) is 0 Å². The van der Waals surface area contributed by atoms with Crippen molar-refractivity contribution in [2.75, 3.05) is 13.2 Å². The maximum Gasteiger partial charge on any atom is 0.339 e. The van der Waals surface area contributed by atoms with Crippen LogP contribution < -0.4 is 0 Å². The summed E-state index contributed by atoms with van der Waals surface area (Å²) in [5, 5.41) is 0. The maximum absolute atomic E-state index is 12.4. The van der Waals surface area contributed by atoms with E-state index in [2.05, 4.69) is 0 Å². The minimum absolute atomic E-state index is 0.296. The molecule has 4 heteroatoms. The topological polar surface area (TPSA) is 52.6 Å². The van der Waals surface area contributed by atoms with Gasteiger partial charge in [0.1, 0.15) is 0 Å². The highest BCUT2D eigenvalue weighted by atomic mass is 16.5. The third-order valence-corrected chi connectivity index (χ3v) is 3.98. The van der Waals surface area contributed by atoms with Crippen molar-refractivity contribution in [2.24, 2.45) is 0 Å². The molecule has 0 saturated carbocycles. The van der Waals surface area contributed by atoms with Crippen LogP contribution in [-0.2, 0) is 22.3 Å². The van der Waals surface area contributed by atoms with E-state index in [4.69, 9.17) is 9.47 Å². The van der Waals surface area contributed by atoms with Crippen LogP contribution in [-0.4, -0.2) is 25.2 Å². The Labute approximate surface area is 131 Å². The standard InChI is InChI=1S/C18H24O4/c1-3-21-17(19)15-13-9-7-5-6-8-10-14(12-11-13)16(15)18(20)22-4-2/h11-12H,3-10H2,1-2H3. The van der Waals surface area contributed by atoms with E-state index in [1.165, 1.54) is 0 Å². The van der Waals surface area contributed by atoms with Crippen LogP contribution in [0, 0.1) is 0 Å². The third kappa shape index (κ3) is 3.67. The Morgan fingerprint density at radius 3 is 1.59 bits per heavy atom. The number of esters is 2. The highest BCUT2D eigenvalue weighted by molar-refractivity contribution is 6.05. The highest BCUT2D eigenvalue weighted by Crippen LogP contribution is 2.27. The first-order valence-electron chi connectivity index (χ1n) is 8.18. The average Bonchev–Trinajstić information content (AvgIpc) is 2.52. The van der Waals surface area contributed by atoms with Gasteiger partial charge in [0.25, 0.3) is 0 Å². The monoisotopic (exact) mass is 304 g/mol. The Balaban J connectivity index is 2.57. The molecule has 0 unspecified atom stereocenters. The van der Waals surface area contributed by atoms with Crippen molar-refractivity contribution in [3.05, 3.63) is 34.4 Å². The van der Waals surface area contributed by atoms with Gasteiger partial charge in [-0.15, -0.1) is 0 Å². The molecule has 2 bridgehead atoms. The number of rotatable bonds is 4. The van der Waals surface area contributed by atoms with E-state index in [1.807, 2.05) is 12.1 Å². The van der Waals surface area contributed by atoms with E-state index >= 15 is 0 Å². The van der Waals surface area contributed by atoms with E-state index in [1.54, 1.807) is 13.8 Å². The smallest absolute Gasteiger partial charge is 0.339 e. The summed E-state index contributed by atoms with van der Waals surface area (Å²) < 4.78 is 10.4. The number of carbonyl (C=O) groups excluding carboxylic acids is 2. The van der Waals surface area contributed by atoms with Crippen molar-refractivity contribution in [3.63, 3.8) is 0 Å². The van der Waals surface area contributed by atoms with Crippen LogP contribution in [0.15, 0.2) is 12.1 Å². The molecule has 0 aliphatic heterocycles. The van der Waals surface area contributed by atoms with E-state index in [9.17, 15) is 9.59 Å². The molecule has 0 aromatic heterocycles. The van der Waals surface area contributed by atoms with Crippen molar-refractivity contribution in [2.45, 2.75) is 52.4 Å². The molecule has 0 N–H and O–H groups in total. The Morgan fingerprint density at radius 1 is 0.818 bits per heavy atom. The molecule has 120 valence electrons. The average molecular weight is 304 g/mol.